The van der Waals surface area contributed by atoms with Gasteiger partial charge >= 0.3 is 17.8 Å². The van der Waals surface area contributed by atoms with Crippen molar-refractivity contribution in [3.8, 4) is 23.0 Å². The minimum Gasteiger partial charge on any atom is -0.543 e. The third-order valence-corrected chi connectivity index (χ3v) is 27.4. The van der Waals surface area contributed by atoms with E-state index < -0.39 is 31.7 Å². The first kappa shape index (κ1) is 62.5. The number of benzene rings is 3. The van der Waals surface area contributed by atoms with Gasteiger partial charge in [0.1, 0.15) is 47.9 Å². The Morgan fingerprint density at radius 2 is 1.55 bits per heavy atom. The minimum atomic E-state index is -2.49. The lowest BCUT2D eigenvalue weighted by Crippen LogP contribution is -2.50. The zero-order valence-electron chi connectivity index (χ0n) is 53.5. The van der Waals surface area contributed by atoms with E-state index in [0.29, 0.717) is 96.1 Å². The van der Waals surface area contributed by atoms with Crippen LogP contribution in [-0.4, -0.2) is 141 Å². The summed E-state index contributed by atoms with van der Waals surface area (Å²) >= 11 is 0. The van der Waals surface area contributed by atoms with E-state index in [0.717, 1.165) is 94.0 Å². The van der Waals surface area contributed by atoms with Crippen molar-refractivity contribution < 1.29 is 42.2 Å². The number of aliphatic hydroxyl groups is 1. The number of anilines is 2. The standard InChI is InChI=1S/C68H90F2N10O8Si/c1-10-50-53(69)15-13-46-34-49(88-89(41(2)3,42(4)5)43(6)7)36-51(58(46)50)60-59(70)61-52(37-71-60)62(78-27-11-24-67(8,85)39-78)74-64(73-61)87-40-68-25-12-28-79(68)48(19-26-68)38-86-66(84)77-31-22-45(23-32-77)33-44-20-29-76(30-21-44)47-14-16-54-56(35-47)75(9)65(83)80(54)55-17-18-57(81)72-63(55)82/h13-16,34-37,41-45,48,55,85H,10-12,17-33,38-40H2,1-9H3,(H,72,81,82)/t48-,55?,67+,68-/m0/s1. The molecule has 0 spiro atoms. The van der Waals surface area contributed by atoms with Crippen molar-refractivity contribution in [2.75, 3.05) is 68.8 Å². The molecule has 3 aromatic carbocycles. The number of imide groups is 1. The first-order chi connectivity index (χ1) is 42.6. The van der Waals surface area contributed by atoms with Gasteiger partial charge in [0, 0.05) is 76.2 Å². The predicted molar refractivity (Wildman–Crippen MR) is 344 cm³/mol. The fraction of sp³-hybridized carbons (Fsp3) is 0.603. The number of likely N-dealkylation sites (tertiary alicyclic amines) is 1. The first-order valence-corrected chi connectivity index (χ1v) is 35.1. The predicted octanol–water partition coefficient (Wildman–Crippen LogP) is 11.8. The molecule has 4 atom stereocenters. The van der Waals surface area contributed by atoms with Crippen molar-refractivity contribution in [1.82, 2.24) is 39.2 Å². The summed E-state index contributed by atoms with van der Waals surface area (Å²) in [4.78, 5) is 75.1. The van der Waals surface area contributed by atoms with Gasteiger partial charge in [0.05, 0.1) is 27.6 Å². The average molecular weight is 1240 g/mol. The molecule has 2 N–H and O–H groups in total. The maximum atomic E-state index is 18.0. The van der Waals surface area contributed by atoms with Gasteiger partial charge in [-0.15, -0.1) is 0 Å². The lowest BCUT2D eigenvalue weighted by molar-refractivity contribution is -0.135. The molecule has 1 unspecified atom stereocenters. The summed E-state index contributed by atoms with van der Waals surface area (Å²) in [5, 5.41) is 15.4. The molecule has 6 aromatic rings. The van der Waals surface area contributed by atoms with Crippen LogP contribution in [-0.2, 0) is 27.8 Å². The van der Waals surface area contributed by atoms with Crippen LogP contribution in [0.3, 0.4) is 0 Å². The van der Waals surface area contributed by atoms with Crippen LogP contribution in [0, 0.1) is 23.5 Å². The zero-order valence-corrected chi connectivity index (χ0v) is 54.5. The van der Waals surface area contributed by atoms with E-state index >= 15 is 8.78 Å². The van der Waals surface area contributed by atoms with Gasteiger partial charge in [0.2, 0.25) is 11.8 Å². The molecule has 0 aliphatic carbocycles. The highest BCUT2D eigenvalue weighted by molar-refractivity contribution is 6.78. The molecule has 3 aromatic heterocycles. The number of ether oxygens (including phenoxy) is 2. The number of aryl methyl sites for hydroxylation is 2. The van der Waals surface area contributed by atoms with E-state index in [1.54, 1.807) is 30.8 Å². The van der Waals surface area contributed by atoms with Gasteiger partial charge in [-0.05, 0) is 178 Å². The van der Waals surface area contributed by atoms with Gasteiger partial charge in [-0.3, -0.25) is 33.9 Å². The number of β-amino-alcohol motifs (C(OH)–C–C–N with tert-alkyl or cyclic N) is 1. The number of piperidine rings is 4. The number of nitrogens with one attached hydrogen (secondary N) is 1. The smallest absolute Gasteiger partial charge is 0.409 e. The van der Waals surface area contributed by atoms with Crippen LogP contribution in [0.1, 0.15) is 150 Å². The topological polar surface area (TPSA) is 190 Å². The van der Waals surface area contributed by atoms with E-state index in [1.165, 1.54) is 10.6 Å². The SMILES string of the molecule is CCc1c(F)ccc2cc(O[Si](C(C)C)(C(C)C)C(C)C)cc(-c3ncc4c(N5CCC[C@@](C)(O)C5)nc(OC[C@@]56CCCN5[C@H](COC(=O)N5CCC(CC7CCN(c8ccc9c(c8)n(C)c(=O)n9C8CCC(=O)NC8=O)CC7)CC5)CC6)nc4c3F)c12. The number of hydrogen-bond donors (Lipinski definition) is 2. The number of hydrogen-bond acceptors (Lipinski definition) is 14. The molecular weight excluding hydrogens is 1150 g/mol. The van der Waals surface area contributed by atoms with E-state index in [4.69, 9.17) is 28.9 Å². The number of rotatable bonds is 17. The number of pyridine rings is 1. The van der Waals surface area contributed by atoms with Gasteiger partial charge in [-0.2, -0.15) is 9.97 Å². The number of aromatic nitrogens is 5. The van der Waals surface area contributed by atoms with Crippen molar-refractivity contribution in [1.29, 1.82) is 0 Å². The Morgan fingerprint density at radius 3 is 2.25 bits per heavy atom. The van der Waals surface area contributed by atoms with Crippen molar-refractivity contribution in [2.24, 2.45) is 18.9 Å². The maximum absolute atomic E-state index is 18.0. The second-order valence-corrected chi connectivity index (χ2v) is 33.3. The molecule has 18 nitrogen and oxygen atoms in total. The van der Waals surface area contributed by atoms with Crippen molar-refractivity contribution >= 4 is 70.4 Å². The summed E-state index contributed by atoms with van der Waals surface area (Å²) < 4.78 is 57.1. The Morgan fingerprint density at radius 1 is 0.831 bits per heavy atom. The van der Waals surface area contributed by atoms with Crippen molar-refractivity contribution in [3.05, 3.63) is 76.3 Å². The monoisotopic (exact) mass is 1240 g/mol. The molecule has 0 bridgehead atoms. The normalized spacial score (nSPS) is 23.5. The molecule has 6 aliphatic heterocycles. The summed E-state index contributed by atoms with van der Waals surface area (Å²) in [5.41, 5.74) is 2.63. The van der Waals surface area contributed by atoms with Crippen LogP contribution in [0.5, 0.6) is 11.8 Å². The van der Waals surface area contributed by atoms with Crippen LogP contribution in [0.25, 0.3) is 44.0 Å². The first-order valence-electron chi connectivity index (χ1n) is 33.0. The van der Waals surface area contributed by atoms with Crippen LogP contribution in [0.2, 0.25) is 16.6 Å². The highest BCUT2D eigenvalue weighted by Crippen LogP contribution is 2.47. The second-order valence-electron chi connectivity index (χ2n) is 27.9. The summed E-state index contributed by atoms with van der Waals surface area (Å²) in [5.74, 6) is 0.349. The molecule has 89 heavy (non-hydrogen) atoms. The van der Waals surface area contributed by atoms with Crippen LogP contribution in [0.15, 0.2) is 53.5 Å². The van der Waals surface area contributed by atoms with Crippen LogP contribution >= 0.6 is 0 Å². The number of imidazole rings is 1. The maximum Gasteiger partial charge on any atom is 0.409 e. The summed E-state index contributed by atoms with van der Waals surface area (Å²) in [6.45, 7) is 22.4. The minimum absolute atomic E-state index is 0.0118. The third-order valence-electron chi connectivity index (χ3n) is 21.4. The fourth-order valence-corrected chi connectivity index (χ4v) is 22.1. The number of nitrogens with zero attached hydrogens (tertiary/aromatic N) is 9. The lowest BCUT2D eigenvalue weighted by atomic mass is 9.83. The third kappa shape index (κ3) is 11.8. The number of carbonyl (C=O) groups excluding carboxylic acids is 3. The molecule has 9 heterocycles. The largest absolute Gasteiger partial charge is 0.543 e. The second kappa shape index (κ2) is 24.8. The molecule has 0 saturated carbocycles. The molecule has 0 radical (unpaired) electrons. The summed E-state index contributed by atoms with van der Waals surface area (Å²) in [7, 11) is -0.761. The summed E-state index contributed by atoms with van der Waals surface area (Å²) in [6, 6.07) is 12.3. The van der Waals surface area contributed by atoms with Crippen molar-refractivity contribution in [2.45, 2.75) is 185 Å². The number of halogens is 2. The van der Waals surface area contributed by atoms with E-state index in [1.807, 2.05) is 47.1 Å². The van der Waals surface area contributed by atoms with Crippen LogP contribution < -0.4 is 30.0 Å². The Bertz CT molecular complexity index is 3720. The average Bonchev–Trinajstić information content (AvgIpc) is 1.71. The quantitative estimate of drug-likeness (QED) is 0.0648. The molecule has 6 aliphatic rings. The molecule has 478 valence electrons. The zero-order chi connectivity index (χ0) is 62.8. The molecule has 6 fully saturated rings. The number of amides is 3. The van der Waals surface area contributed by atoms with Gasteiger partial charge < -0.3 is 33.7 Å². The van der Waals surface area contributed by atoms with E-state index in [9.17, 15) is 24.3 Å². The number of carbonyl (C=O) groups is 3. The Hall–Kier alpha value is -6.71. The van der Waals surface area contributed by atoms with Crippen LogP contribution in [0.4, 0.5) is 25.1 Å². The van der Waals surface area contributed by atoms with E-state index in [-0.39, 0.29) is 95.1 Å². The Balaban J connectivity index is 0.699. The van der Waals surface area contributed by atoms with Gasteiger partial charge in [0.25, 0.3) is 8.32 Å². The van der Waals surface area contributed by atoms with Gasteiger partial charge in [0.15, 0.2) is 5.82 Å². The van der Waals surface area contributed by atoms with Gasteiger partial charge in [-0.1, -0.05) is 54.5 Å². The van der Waals surface area contributed by atoms with Crippen molar-refractivity contribution in [3.63, 3.8) is 0 Å². The van der Waals surface area contributed by atoms with Gasteiger partial charge in [-0.25, -0.2) is 18.4 Å². The highest BCUT2D eigenvalue weighted by atomic mass is 28.4. The molecule has 6 saturated heterocycles. The molecule has 3 amide bonds. The fourth-order valence-electron chi connectivity index (χ4n) is 16.8. The Labute approximate surface area is 521 Å². The lowest BCUT2D eigenvalue weighted by Gasteiger charge is -2.42. The summed E-state index contributed by atoms with van der Waals surface area (Å²) in [6.07, 6.45) is 12.1. The highest BCUT2D eigenvalue weighted by Gasteiger charge is 2.51. The molecule has 12 rings (SSSR count). The number of fused-ring (bicyclic) bond motifs is 4. The Kier molecular flexibility index (Phi) is 17.4. The molecular formula is C68H90F2N10O8Si. The molecule has 21 heteroatoms. The van der Waals surface area contributed by atoms with E-state index in [2.05, 4.69) is 56.7 Å².